The number of esters is 1. The Bertz CT molecular complexity index is 1510. The maximum Gasteiger partial charge on any atom is 0.363 e. The Morgan fingerprint density at radius 1 is 0.972 bits per heavy atom. The van der Waals surface area contributed by atoms with Crippen molar-refractivity contribution in [2.75, 3.05) is 6.61 Å². The average molecular weight is 610 g/mol. The molecule has 180 valence electrons. The van der Waals surface area contributed by atoms with Crippen molar-refractivity contribution < 1.29 is 19.0 Å². The first-order valence-corrected chi connectivity index (χ1v) is 12.8. The maximum absolute atomic E-state index is 12.6. The van der Waals surface area contributed by atoms with Crippen molar-refractivity contribution in [2.45, 2.75) is 13.5 Å². The van der Waals surface area contributed by atoms with Gasteiger partial charge in [-0.3, -0.25) is 0 Å². The van der Waals surface area contributed by atoms with Gasteiger partial charge in [0.15, 0.2) is 17.2 Å². The summed E-state index contributed by atoms with van der Waals surface area (Å²) in [6, 6.07) is 25.1. The summed E-state index contributed by atoms with van der Waals surface area (Å²) < 4.78 is 18.3. The monoisotopic (exact) mass is 609 g/mol. The lowest BCUT2D eigenvalue weighted by atomic mass is 10.1. The van der Waals surface area contributed by atoms with E-state index in [0.717, 1.165) is 31.0 Å². The summed E-state index contributed by atoms with van der Waals surface area (Å²) in [6.07, 6.45) is 1.70. The SMILES string of the molecule is CCOc1cc(/C=C2\N=C(c3ccc4ccccc4c3)OC2=O)cc(I)c1OCc1ccc(Cl)cc1. The fraction of sp³-hybridized carbons (Fsp3) is 0.103. The topological polar surface area (TPSA) is 57.1 Å². The number of ether oxygens (including phenoxy) is 3. The van der Waals surface area contributed by atoms with Gasteiger partial charge in [-0.15, -0.1) is 0 Å². The fourth-order valence-electron chi connectivity index (χ4n) is 3.82. The highest BCUT2D eigenvalue weighted by Gasteiger charge is 2.25. The van der Waals surface area contributed by atoms with E-state index in [0.29, 0.717) is 35.6 Å². The molecule has 0 aromatic heterocycles. The van der Waals surface area contributed by atoms with Crippen molar-refractivity contribution in [3.63, 3.8) is 0 Å². The Morgan fingerprint density at radius 2 is 1.75 bits per heavy atom. The molecule has 0 N–H and O–H groups in total. The number of rotatable bonds is 7. The quantitative estimate of drug-likeness (QED) is 0.124. The van der Waals surface area contributed by atoms with Crippen LogP contribution in [0.2, 0.25) is 5.02 Å². The third-order valence-corrected chi connectivity index (χ3v) is 6.60. The minimum Gasteiger partial charge on any atom is -0.490 e. The number of carbonyl (C=O) groups excluding carboxylic acids is 1. The number of fused-ring (bicyclic) bond motifs is 1. The van der Waals surface area contributed by atoms with Crippen molar-refractivity contribution in [3.8, 4) is 11.5 Å². The smallest absolute Gasteiger partial charge is 0.363 e. The largest absolute Gasteiger partial charge is 0.490 e. The molecule has 5 nitrogen and oxygen atoms in total. The highest BCUT2D eigenvalue weighted by molar-refractivity contribution is 14.1. The van der Waals surface area contributed by atoms with E-state index in [-0.39, 0.29) is 5.70 Å². The van der Waals surface area contributed by atoms with Gasteiger partial charge < -0.3 is 14.2 Å². The van der Waals surface area contributed by atoms with E-state index >= 15 is 0 Å². The molecule has 0 amide bonds. The van der Waals surface area contributed by atoms with Crippen LogP contribution in [0.3, 0.4) is 0 Å². The van der Waals surface area contributed by atoms with Gasteiger partial charge in [0, 0.05) is 10.6 Å². The molecule has 0 unspecified atom stereocenters. The first-order valence-electron chi connectivity index (χ1n) is 11.4. The van der Waals surface area contributed by atoms with Crippen molar-refractivity contribution in [1.82, 2.24) is 0 Å². The van der Waals surface area contributed by atoms with E-state index in [2.05, 4.69) is 27.6 Å². The summed E-state index contributed by atoms with van der Waals surface area (Å²) in [7, 11) is 0. The van der Waals surface area contributed by atoms with Crippen LogP contribution < -0.4 is 9.47 Å². The molecule has 0 fully saturated rings. The van der Waals surface area contributed by atoms with E-state index in [1.165, 1.54) is 0 Å². The Hall–Kier alpha value is -3.36. The molecule has 5 rings (SSSR count). The Morgan fingerprint density at radius 3 is 2.53 bits per heavy atom. The summed E-state index contributed by atoms with van der Waals surface area (Å²) in [5.74, 6) is 1.04. The zero-order chi connectivity index (χ0) is 25.1. The second-order valence-electron chi connectivity index (χ2n) is 8.08. The molecule has 1 aliphatic heterocycles. The lowest BCUT2D eigenvalue weighted by molar-refractivity contribution is -0.129. The van der Waals surface area contributed by atoms with Gasteiger partial charge in [-0.05, 0) is 93.9 Å². The lowest BCUT2D eigenvalue weighted by Crippen LogP contribution is -2.05. The molecule has 4 aromatic rings. The zero-order valence-corrected chi connectivity index (χ0v) is 22.2. The van der Waals surface area contributed by atoms with Gasteiger partial charge in [-0.25, -0.2) is 9.79 Å². The molecule has 0 radical (unpaired) electrons. The number of nitrogens with zero attached hydrogens (tertiary/aromatic N) is 1. The van der Waals surface area contributed by atoms with Crippen LogP contribution in [-0.4, -0.2) is 18.5 Å². The molecular formula is C29H21ClINO4. The number of aliphatic imine (C=N–C) groups is 1. The first kappa shape index (κ1) is 24.3. The van der Waals surface area contributed by atoms with Gasteiger partial charge in [-0.2, -0.15) is 0 Å². The average Bonchev–Trinajstić information content (AvgIpc) is 3.24. The summed E-state index contributed by atoms with van der Waals surface area (Å²) in [5, 5.41) is 2.84. The van der Waals surface area contributed by atoms with Gasteiger partial charge in [0.1, 0.15) is 6.61 Å². The second-order valence-corrected chi connectivity index (χ2v) is 9.67. The van der Waals surface area contributed by atoms with E-state index < -0.39 is 5.97 Å². The third kappa shape index (κ3) is 5.39. The molecule has 7 heteroatoms. The van der Waals surface area contributed by atoms with Gasteiger partial charge in [0.05, 0.1) is 10.2 Å². The van der Waals surface area contributed by atoms with Gasteiger partial charge in [0.2, 0.25) is 5.90 Å². The number of carbonyl (C=O) groups is 1. The number of benzene rings is 4. The summed E-state index contributed by atoms with van der Waals surface area (Å²) >= 11 is 8.18. The lowest BCUT2D eigenvalue weighted by Gasteiger charge is -2.15. The van der Waals surface area contributed by atoms with Crippen LogP contribution in [0.25, 0.3) is 16.8 Å². The van der Waals surface area contributed by atoms with E-state index in [1.54, 1.807) is 6.08 Å². The molecule has 1 aliphatic rings. The minimum atomic E-state index is -0.491. The summed E-state index contributed by atoms with van der Waals surface area (Å²) in [5.41, 5.74) is 2.73. The maximum atomic E-state index is 12.6. The molecule has 0 saturated carbocycles. The number of hydrogen-bond acceptors (Lipinski definition) is 5. The van der Waals surface area contributed by atoms with Crippen LogP contribution in [0.5, 0.6) is 11.5 Å². The number of cyclic esters (lactones) is 1. The van der Waals surface area contributed by atoms with Gasteiger partial charge >= 0.3 is 5.97 Å². The standard InChI is InChI=1S/C29H21ClINO4/c1-2-34-26-15-19(13-24(31)27(26)35-17-18-7-11-23(30)12-8-18)14-25-29(33)36-28(32-25)22-10-9-20-5-3-4-6-21(20)16-22/h3-16H,2,17H2,1H3/b25-14-. The molecule has 0 saturated heterocycles. The number of halogens is 2. The highest BCUT2D eigenvalue weighted by Crippen LogP contribution is 2.36. The van der Waals surface area contributed by atoms with E-state index in [4.69, 9.17) is 25.8 Å². The van der Waals surface area contributed by atoms with E-state index in [1.807, 2.05) is 85.8 Å². The summed E-state index contributed by atoms with van der Waals surface area (Å²) in [4.78, 5) is 17.1. The first-order chi connectivity index (χ1) is 17.5. The predicted molar refractivity (Wildman–Crippen MR) is 151 cm³/mol. The fourth-order valence-corrected chi connectivity index (χ4v) is 4.73. The van der Waals surface area contributed by atoms with Gasteiger partial charge in [0.25, 0.3) is 0 Å². The van der Waals surface area contributed by atoms with E-state index in [9.17, 15) is 4.79 Å². The second kappa shape index (κ2) is 10.7. The highest BCUT2D eigenvalue weighted by atomic mass is 127. The molecule has 1 heterocycles. The molecule has 0 atom stereocenters. The molecular weight excluding hydrogens is 589 g/mol. The molecule has 0 aliphatic carbocycles. The Labute approximate surface area is 227 Å². The van der Waals surface area contributed by atoms with Crippen molar-refractivity contribution in [1.29, 1.82) is 0 Å². The zero-order valence-electron chi connectivity index (χ0n) is 19.3. The molecule has 0 bridgehead atoms. The normalized spacial score (nSPS) is 14.1. The van der Waals surface area contributed by atoms with Crippen molar-refractivity contribution in [3.05, 3.63) is 110 Å². The van der Waals surface area contributed by atoms with Crippen LogP contribution in [0.4, 0.5) is 0 Å². The van der Waals surface area contributed by atoms with Crippen LogP contribution in [0, 0.1) is 3.57 Å². The van der Waals surface area contributed by atoms with Crippen LogP contribution >= 0.6 is 34.2 Å². The molecule has 36 heavy (non-hydrogen) atoms. The summed E-state index contributed by atoms with van der Waals surface area (Å²) in [6.45, 7) is 2.76. The van der Waals surface area contributed by atoms with Crippen molar-refractivity contribution in [2.24, 2.45) is 4.99 Å². The van der Waals surface area contributed by atoms with Crippen molar-refractivity contribution >= 4 is 62.9 Å². The number of hydrogen-bond donors (Lipinski definition) is 0. The van der Waals surface area contributed by atoms with Gasteiger partial charge in [-0.1, -0.05) is 54.1 Å². The Balaban J connectivity index is 1.42. The Kier molecular flexibility index (Phi) is 7.25. The van der Waals surface area contributed by atoms with Crippen LogP contribution in [0.1, 0.15) is 23.6 Å². The van der Waals surface area contributed by atoms with Crippen LogP contribution in [-0.2, 0) is 16.1 Å². The van der Waals surface area contributed by atoms with Crippen LogP contribution in [0.15, 0.2) is 89.6 Å². The minimum absolute atomic E-state index is 0.228. The third-order valence-electron chi connectivity index (χ3n) is 5.55. The molecule has 0 spiro atoms. The predicted octanol–water partition coefficient (Wildman–Crippen LogP) is 7.42. The molecule has 4 aromatic carbocycles.